The first-order chi connectivity index (χ1) is 9.09. The van der Waals surface area contributed by atoms with Crippen LogP contribution in [0.4, 0.5) is 0 Å². The van der Waals surface area contributed by atoms with Gasteiger partial charge in [-0.25, -0.2) is 8.42 Å². The molecule has 2 saturated heterocycles. The summed E-state index contributed by atoms with van der Waals surface area (Å²) in [5, 5.41) is 6.35. The van der Waals surface area contributed by atoms with E-state index in [-0.39, 0.29) is 47.6 Å². The van der Waals surface area contributed by atoms with Crippen LogP contribution in [-0.4, -0.2) is 57.7 Å². The largest absolute Gasteiger partial charge is 0.376 e. The van der Waals surface area contributed by atoms with Gasteiger partial charge in [-0.15, -0.1) is 24.0 Å². The van der Waals surface area contributed by atoms with Crippen molar-refractivity contribution in [2.24, 2.45) is 4.99 Å². The normalized spacial score (nSPS) is 28.9. The Labute approximate surface area is 138 Å². The first kappa shape index (κ1) is 18.0. The van der Waals surface area contributed by atoms with Gasteiger partial charge in [0.1, 0.15) is 0 Å². The molecular weight excluding hydrogens is 393 g/mol. The molecule has 0 bridgehead atoms. The van der Waals surface area contributed by atoms with Crippen molar-refractivity contribution in [3.63, 3.8) is 0 Å². The van der Waals surface area contributed by atoms with Crippen molar-refractivity contribution in [3.8, 4) is 0 Å². The lowest BCUT2D eigenvalue weighted by Crippen LogP contribution is -2.44. The van der Waals surface area contributed by atoms with Crippen LogP contribution in [0.15, 0.2) is 4.99 Å². The standard InChI is InChI=1S/C12H23N3O3S.HI/c1-2-13-12(14-8-11-4-3-6-18-11)15-10-5-7-19(16,17)9-10;/h10-11H,2-9H2,1H3,(H2,13,14,15);1H. The minimum Gasteiger partial charge on any atom is -0.376 e. The second kappa shape index (κ2) is 8.38. The molecule has 0 aromatic carbocycles. The summed E-state index contributed by atoms with van der Waals surface area (Å²) in [6, 6.07) is -0.0210. The molecule has 2 unspecified atom stereocenters. The van der Waals surface area contributed by atoms with E-state index in [0.717, 1.165) is 26.0 Å². The molecule has 2 aliphatic heterocycles. The Morgan fingerprint density at radius 3 is 2.75 bits per heavy atom. The van der Waals surface area contributed by atoms with Crippen molar-refractivity contribution in [3.05, 3.63) is 0 Å². The zero-order valence-corrected chi connectivity index (χ0v) is 14.9. The summed E-state index contributed by atoms with van der Waals surface area (Å²) in [4.78, 5) is 4.48. The van der Waals surface area contributed by atoms with E-state index in [4.69, 9.17) is 4.74 Å². The molecular formula is C12H24IN3O3S. The number of guanidine groups is 1. The number of ether oxygens (including phenoxy) is 1. The lowest BCUT2D eigenvalue weighted by atomic mass is 10.2. The Morgan fingerprint density at radius 2 is 2.20 bits per heavy atom. The van der Waals surface area contributed by atoms with Crippen molar-refractivity contribution in [1.82, 2.24) is 10.6 Å². The predicted octanol–water partition coefficient (Wildman–Crippen LogP) is 0.526. The van der Waals surface area contributed by atoms with E-state index in [1.165, 1.54) is 0 Å². The third-order valence-electron chi connectivity index (χ3n) is 3.39. The highest BCUT2D eigenvalue weighted by molar-refractivity contribution is 14.0. The van der Waals surface area contributed by atoms with Crippen molar-refractivity contribution in [2.75, 3.05) is 31.2 Å². The summed E-state index contributed by atoms with van der Waals surface area (Å²) in [6.07, 6.45) is 3.03. The van der Waals surface area contributed by atoms with Crippen molar-refractivity contribution in [1.29, 1.82) is 0 Å². The lowest BCUT2D eigenvalue weighted by molar-refractivity contribution is 0.117. The monoisotopic (exact) mass is 417 g/mol. The van der Waals surface area contributed by atoms with Crippen LogP contribution in [0.3, 0.4) is 0 Å². The molecule has 20 heavy (non-hydrogen) atoms. The number of nitrogens with one attached hydrogen (secondary N) is 2. The number of rotatable bonds is 4. The molecule has 0 aliphatic carbocycles. The van der Waals surface area contributed by atoms with Crippen LogP contribution < -0.4 is 10.6 Å². The maximum absolute atomic E-state index is 11.4. The first-order valence-electron chi connectivity index (χ1n) is 6.96. The van der Waals surface area contributed by atoms with E-state index in [1.54, 1.807) is 0 Å². The Kier molecular flexibility index (Phi) is 7.52. The molecule has 0 amide bonds. The van der Waals surface area contributed by atoms with E-state index < -0.39 is 9.84 Å². The zero-order chi connectivity index (χ0) is 13.7. The summed E-state index contributed by atoms with van der Waals surface area (Å²) in [5.74, 6) is 1.17. The minimum atomic E-state index is -2.86. The molecule has 2 heterocycles. The second-order valence-electron chi connectivity index (χ2n) is 5.10. The topological polar surface area (TPSA) is 79.8 Å². The van der Waals surface area contributed by atoms with Crippen LogP contribution >= 0.6 is 24.0 Å². The minimum absolute atomic E-state index is 0. The van der Waals surface area contributed by atoms with Gasteiger partial charge in [-0.05, 0) is 26.2 Å². The summed E-state index contributed by atoms with van der Waals surface area (Å²) in [7, 11) is -2.86. The number of nitrogens with zero attached hydrogens (tertiary/aromatic N) is 1. The fraction of sp³-hybridized carbons (Fsp3) is 0.917. The molecule has 8 heteroatoms. The highest BCUT2D eigenvalue weighted by Gasteiger charge is 2.28. The molecule has 2 rings (SSSR count). The highest BCUT2D eigenvalue weighted by atomic mass is 127. The summed E-state index contributed by atoms with van der Waals surface area (Å²) < 4.78 is 28.4. The van der Waals surface area contributed by atoms with Gasteiger partial charge in [0.25, 0.3) is 0 Å². The Bertz CT molecular complexity index is 422. The van der Waals surface area contributed by atoms with E-state index in [0.29, 0.717) is 18.9 Å². The molecule has 0 spiro atoms. The van der Waals surface area contributed by atoms with Gasteiger partial charge in [-0.1, -0.05) is 0 Å². The molecule has 2 atom stereocenters. The van der Waals surface area contributed by atoms with Gasteiger partial charge in [0.15, 0.2) is 15.8 Å². The van der Waals surface area contributed by atoms with Crippen molar-refractivity contribution >= 4 is 39.8 Å². The van der Waals surface area contributed by atoms with E-state index in [9.17, 15) is 8.42 Å². The van der Waals surface area contributed by atoms with Gasteiger partial charge >= 0.3 is 0 Å². The van der Waals surface area contributed by atoms with Crippen LogP contribution in [0.5, 0.6) is 0 Å². The van der Waals surface area contributed by atoms with Gasteiger partial charge in [0.05, 0.1) is 24.2 Å². The smallest absolute Gasteiger partial charge is 0.191 e. The van der Waals surface area contributed by atoms with Gasteiger partial charge in [0.2, 0.25) is 0 Å². The zero-order valence-electron chi connectivity index (χ0n) is 11.8. The summed E-state index contributed by atoms with van der Waals surface area (Å²) in [5.41, 5.74) is 0. The van der Waals surface area contributed by atoms with Gasteiger partial charge in [-0.3, -0.25) is 4.99 Å². The third kappa shape index (κ3) is 5.72. The van der Waals surface area contributed by atoms with Crippen LogP contribution in [-0.2, 0) is 14.6 Å². The van der Waals surface area contributed by atoms with Crippen molar-refractivity contribution < 1.29 is 13.2 Å². The highest BCUT2D eigenvalue weighted by Crippen LogP contribution is 2.13. The molecule has 0 aromatic heterocycles. The molecule has 6 nitrogen and oxygen atoms in total. The molecule has 0 saturated carbocycles. The van der Waals surface area contributed by atoms with Gasteiger partial charge in [-0.2, -0.15) is 0 Å². The van der Waals surface area contributed by atoms with Crippen LogP contribution in [0.25, 0.3) is 0 Å². The Hall–Kier alpha value is -0.0900. The maximum atomic E-state index is 11.4. The van der Waals surface area contributed by atoms with Gasteiger partial charge in [0, 0.05) is 19.2 Å². The third-order valence-corrected chi connectivity index (χ3v) is 5.16. The molecule has 2 fully saturated rings. The van der Waals surface area contributed by atoms with Crippen LogP contribution in [0, 0.1) is 0 Å². The number of sulfone groups is 1. The average Bonchev–Trinajstić information content (AvgIpc) is 2.96. The Balaban J connectivity index is 0.00000200. The fourth-order valence-electron chi connectivity index (χ4n) is 2.40. The van der Waals surface area contributed by atoms with Gasteiger partial charge < -0.3 is 15.4 Å². The summed E-state index contributed by atoms with van der Waals surface area (Å²) in [6.45, 7) is 4.21. The average molecular weight is 417 g/mol. The quantitative estimate of drug-likeness (QED) is 0.396. The second-order valence-corrected chi connectivity index (χ2v) is 7.33. The first-order valence-corrected chi connectivity index (χ1v) is 8.78. The molecule has 0 aromatic rings. The fourth-order valence-corrected chi connectivity index (χ4v) is 4.08. The number of hydrogen-bond donors (Lipinski definition) is 2. The SMILES string of the molecule is CCNC(=NCC1CCCO1)NC1CCS(=O)(=O)C1.I. The number of hydrogen-bond acceptors (Lipinski definition) is 4. The van der Waals surface area contributed by atoms with E-state index in [1.807, 2.05) is 6.92 Å². The number of aliphatic imine (C=N–C) groups is 1. The maximum Gasteiger partial charge on any atom is 0.191 e. The number of halogens is 1. The molecule has 2 aliphatic rings. The molecule has 0 radical (unpaired) electrons. The van der Waals surface area contributed by atoms with Crippen molar-refractivity contribution in [2.45, 2.75) is 38.3 Å². The van der Waals surface area contributed by atoms with Crippen LogP contribution in [0.2, 0.25) is 0 Å². The van der Waals surface area contributed by atoms with E-state index >= 15 is 0 Å². The summed E-state index contributed by atoms with van der Waals surface area (Å²) >= 11 is 0. The van der Waals surface area contributed by atoms with Crippen LogP contribution in [0.1, 0.15) is 26.2 Å². The predicted molar refractivity (Wildman–Crippen MR) is 90.6 cm³/mol. The lowest BCUT2D eigenvalue weighted by Gasteiger charge is -2.16. The Morgan fingerprint density at radius 1 is 1.40 bits per heavy atom. The molecule has 118 valence electrons. The van der Waals surface area contributed by atoms with E-state index in [2.05, 4.69) is 15.6 Å². The molecule has 2 N–H and O–H groups in total.